The minimum Gasteiger partial charge on any atom is -0.512 e. The van der Waals surface area contributed by atoms with Crippen LogP contribution in [0.4, 0.5) is 0 Å². The van der Waals surface area contributed by atoms with Crippen LogP contribution in [0.15, 0.2) is 24.3 Å². The van der Waals surface area contributed by atoms with Crippen LogP contribution in [0.3, 0.4) is 0 Å². The predicted octanol–water partition coefficient (Wildman–Crippen LogP) is 0.783. The molecule has 0 amide bonds. The summed E-state index contributed by atoms with van der Waals surface area (Å²) in [4.78, 5) is 0. The fraction of sp³-hybridized carbons (Fsp3) is 0.111. The van der Waals surface area contributed by atoms with Gasteiger partial charge < -0.3 is 5.11 Å². The first-order valence-corrected chi connectivity index (χ1v) is 3.15. The molecule has 0 aromatic heterocycles. The molecule has 0 radical (unpaired) electrons. The van der Waals surface area contributed by atoms with Gasteiger partial charge in [-0.3, -0.25) is 0 Å². The van der Waals surface area contributed by atoms with E-state index in [0.29, 0.717) is 5.76 Å². The van der Waals surface area contributed by atoms with E-state index in [1.54, 1.807) is 6.92 Å². The van der Waals surface area contributed by atoms with E-state index in [1.807, 2.05) is 24.3 Å². The molecule has 0 fully saturated rings. The van der Waals surface area contributed by atoms with Crippen LogP contribution in [0.5, 0.6) is 0 Å². The Morgan fingerprint density at radius 2 is 2.00 bits per heavy atom. The fourth-order valence-corrected chi connectivity index (χ4v) is 0.873. The zero-order valence-corrected chi connectivity index (χ0v) is 5.96. The first-order chi connectivity index (χ1) is 4.72. The zero-order valence-electron chi connectivity index (χ0n) is 5.96. The summed E-state index contributed by atoms with van der Waals surface area (Å²) in [6.45, 7) is 5.42. The molecule has 0 aliphatic carbocycles. The van der Waals surface area contributed by atoms with Gasteiger partial charge in [0.05, 0.1) is 5.76 Å². The SMILES string of the molecule is C=c1cccc/c1=C(\C)O. The van der Waals surface area contributed by atoms with Gasteiger partial charge in [0, 0.05) is 5.22 Å². The van der Waals surface area contributed by atoms with Gasteiger partial charge in [-0.25, -0.2) is 0 Å². The van der Waals surface area contributed by atoms with Crippen LogP contribution in [0.25, 0.3) is 12.3 Å². The maximum atomic E-state index is 9.08. The smallest absolute Gasteiger partial charge is 0.0969 e. The molecule has 10 heavy (non-hydrogen) atoms. The summed E-state index contributed by atoms with van der Waals surface area (Å²) in [7, 11) is 0. The molecule has 1 rings (SSSR count). The molecule has 0 heterocycles. The average Bonchev–Trinajstić information content (AvgIpc) is 1.88. The Morgan fingerprint density at radius 3 is 2.40 bits per heavy atom. The molecule has 0 saturated heterocycles. The molecule has 1 aromatic carbocycles. The second-order valence-electron chi connectivity index (χ2n) is 2.24. The Balaban J connectivity index is 3.60. The minimum absolute atomic E-state index is 0.325. The molecule has 1 heteroatoms. The van der Waals surface area contributed by atoms with Crippen molar-refractivity contribution in [3.8, 4) is 0 Å². The number of hydrogen-bond acceptors (Lipinski definition) is 1. The molecule has 1 N–H and O–H groups in total. The third kappa shape index (κ3) is 1.18. The molecule has 0 aliphatic heterocycles. The van der Waals surface area contributed by atoms with Gasteiger partial charge in [-0.15, -0.1) is 0 Å². The molecule has 0 atom stereocenters. The Labute approximate surface area is 59.9 Å². The molecule has 0 aliphatic rings. The second-order valence-corrected chi connectivity index (χ2v) is 2.24. The van der Waals surface area contributed by atoms with E-state index in [9.17, 15) is 0 Å². The fourth-order valence-electron chi connectivity index (χ4n) is 0.873. The highest BCUT2D eigenvalue weighted by Gasteiger charge is 1.83. The summed E-state index contributed by atoms with van der Waals surface area (Å²) >= 11 is 0. The Morgan fingerprint density at radius 1 is 1.40 bits per heavy atom. The van der Waals surface area contributed by atoms with Crippen molar-refractivity contribution in [2.24, 2.45) is 0 Å². The zero-order chi connectivity index (χ0) is 7.56. The van der Waals surface area contributed by atoms with Gasteiger partial charge in [0.25, 0.3) is 0 Å². The quantitative estimate of drug-likeness (QED) is 0.556. The molecule has 1 aromatic rings. The van der Waals surface area contributed by atoms with Gasteiger partial charge >= 0.3 is 0 Å². The average molecular weight is 134 g/mol. The lowest BCUT2D eigenvalue weighted by molar-refractivity contribution is 0.498. The van der Waals surface area contributed by atoms with Crippen LogP contribution in [0, 0.1) is 0 Å². The van der Waals surface area contributed by atoms with Crippen molar-refractivity contribution in [2.45, 2.75) is 6.92 Å². The monoisotopic (exact) mass is 134 g/mol. The van der Waals surface area contributed by atoms with E-state index in [2.05, 4.69) is 6.58 Å². The van der Waals surface area contributed by atoms with Gasteiger partial charge in [-0.1, -0.05) is 30.8 Å². The molecule has 0 saturated carbocycles. The summed E-state index contributed by atoms with van der Waals surface area (Å²) in [6, 6.07) is 7.49. The molecule has 0 unspecified atom stereocenters. The molecular formula is C9H10O. The van der Waals surface area contributed by atoms with Gasteiger partial charge in [-0.05, 0) is 12.1 Å². The van der Waals surface area contributed by atoms with Gasteiger partial charge in [0.15, 0.2) is 0 Å². The van der Waals surface area contributed by atoms with E-state index in [0.717, 1.165) is 10.4 Å². The summed E-state index contributed by atoms with van der Waals surface area (Å²) < 4.78 is 0. The highest BCUT2D eigenvalue weighted by Crippen LogP contribution is 1.77. The van der Waals surface area contributed by atoms with E-state index in [4.69, 9.17) is 5.11 Å². The van der Waals surface area contributed by atoms with Crippen molar-refractivity contribution in [3.63, 3.8) is 0 Å². The molecule has 0 spiro atoms. The lowest BCUT2D eigenvalue weighted by Crippen LogP contribution is -2.23. The summed E-state index contributed by atoms with van der Waals surface area (Å²) in [5, 5.41) is 10.8. The van der Waals surface area contributed by atoms with E-state index in [-0.39, 0.29) is 0 Å². The van der Waals surface area contributed by atoms with Crippen molar-refractivity contribution in [3.05, 3.63) is 34.7 Å². The van der Waals surface area contributed by atoms with Crippen molar-refractivity contribution >= 4 is 12.3 Å². The maximum absolute atomic E-state index is 9.08. The van der Waals surface area contributed by atoms with Crippen molar-refractivity contribution in [1.82, 2.24) is 0 Å². The normalized spacial score (nSPS) is 12.9. The standard InChI is InChI=1S/C9H10O/c1-7-5-3-4-6-9(7)8(2)10/h3-6,10H,1H2,2H3/b9-8-. The first kappa shape index (κ1) is 6.87. The lowest BCUT2D eigenvalue weighted by Gasteiger charge is -1.89. The second kappa shape index (κ2) is 2.56. The van der Waals surface area contributed by atoms with E-state index in [1.165, 1.54) is 0 Å². The van der Waals surface area contributed by atoms with Crippen LogP contribution in [0.2, 0.25) is 0 Å². The maximum Gasteiger partial charge on any atom is 0.0969 e. The van der Waals surface area contributed by atoms with Crippen molar-refractivity contribution < 1.29 is 5.11 Å². The number of aliphatic hydroxyl groups excluding tert-OH is 1. The highest BCUT2D eigenvalue weighted by molar-refractivity contribution is 5.32. The van der Waals surface area contributed by atoms with Crippen molar-refractivity contribution in [2.75, 3.05) is 0 Å². The largest absolute Gasteiger partial charge is 0.512 e. The minimum atomic E-state index is 0.325. The lowest BCUT2D eigenvalue weighted by atomic mass is 10.2. The predicted molar refractivity (Wildman–Crippen MR) is 42.9 cm³/mol. The summed E-state index contributed by atoms with van der Waals surface area (Å²) in [5.74, 6) is 0.325. The molecular weight excluding hydrogens is 124 g/mol. The Hall–Kier alpha value is -1.24. The van der Waals surface area contributed by atoms with Crippen LogP contribution in [-0.2, 0) is 0 Å². The molecule has 1 nitrogen and oxygen atoms in total. The van der Waals surface area contributed by atoms with E-state index < -0.39 is 0 Å². The third-order valence-corrected chi connectivity index (χ3v) is 1.41. The first-order valence-electron chi connectivity index (χ1n) is 3.15. The topological polar surface area (TPSA) is 20.2 Å². The van der Waals surface area contributed by atoms with Crippen LogP contribution >= 0.6 is 0 Å². The highest BCUT2D eigenvalue weighted by atomic mass is 16.3. The van der Waals surface area contributed by atoms with Crippen molar-refractivity contribution in [1.29, 1.82) is 0 Å². The molecule has 0 bridgehead atoms. The summed E-state index contributed by atoms with van der Waals surface area (Å²) in [5.41, 5.74) is 0. The van der Waals surface area contributed by atoms with Crippen LogP contribution in [0.1, 0.15) is 6.92 Å². The number of rotatable bonds is 0. The number of aliphatic hydroxyl groups is 1. The number of hydrogen-bond donors (Lipinski definition) is 1. The van der Waals surface area contributed by atoms with Gasteiger partial charge in [0.1, 0.15) is 0 Å². The van der Waals surface area contributed by atoms with Gasteiger partial charge in [-0.2, -0.15) is 0 Å². The Bertz CT molecular complexity index is 321. The van der Waals surface area contributed by atoms with Gasteiger partial charge in [0.2, 0.25) is 0 Å². The van der Waals surface area contributed by atoms with Crippen LogP contribution in [-0.4, -0.2) is 5.11 Å². The molecule has 52 valence electrons. The van der Waals surface area contributed by atoms with Crippen LogP contribution < -0.4 is 10.4 Å². The number of benzene rings is 1. The third-order valence-electron chi connectivity index (χ3n) is 1.41. The van der Waals surface area contributed by atoms with E-state index >= 15 is 0 Å². The Kier molecular flexibility index (Phi) is 1.76. The summed E-state index contributed by atoms with van der Waals surface area (Å²) in [6.07, 6.45) is 0.